The molecule has 0 saturated carbocycles. The molecule has 0 saturated heterocycles. The monoisotopic (exact) mass is 267 g/mol. The summed E-state index contributed by atoms with van der Waals surface area (Å²) in [6, 6.07) is 4.19. The lowest BCUT2D eigenvalue weighted by Crippen LogP contribution is -2.00. The Bertz CT molecular complexity index is 634. The smallest absolute Gasteiger partial charge is 0.352 e. The van der Waals surface area contributed by atoms with Crippen molar-refractivity contribution in [3.8, 4) is 11.1 Å². The van der Waals surface area contributed by atoms with E-state index in [2.05, 4.69) is 4.98 Å². The van der Waals surface area contributed by atoms with Gasteiger partial charge in [0.25, 0.3) is 0 Å². The summed E-state index contributed by atoms with van der Waals surface area (Å²) in [5.41, 5.74) is 2.02. The van der Waals surface area contributed by atoms with E-state index in [-0.39, 0.29) is 16.3 Å². The molecule has 0 bridgehead atoms. The zero-order valence-corrected chi connectivity index (χ0v) is 10.6. The molecule has 5 heteroatoms. The Balaban J connectivity index is 2.74. The van der Waals surface area contributed by atoms with E-state index in [1.54, 1.807) is 13.8 Å². The van der Waals surface area contributed by atoms with Gasteiger partial charge in [-0.2, -0.15) is 0 Å². The van der Waals surface area contributed by atoms with Gasteiger partial charge in [0.1, 0.15) is 11.5 Å². The maximum Gasteiger partial charge on any atom is 0.352 e. The average molecular weight is 268 g/mol. The third-order valence-corrected chi connectivity index (χ3v) is 3.15. The van der Waals surface area contributed by atoms with Crippen molar-refractivity contribution in [2.24, 2.45) is 0 Å². The highest BCUT2D eigenvalue weighted by molar-refractivity contribution is 6.30. The second kappa shape index (κ2) is 4.46. The van der Waals surface area contributed by atoms with Gasteiger partial charge in [-0.1, -0.05) is 11.6 Å². The Hall–Kier alpha value is -1.81. The zero-order valence-electron chi connectivity index (χ0n) is 9.84. The quantitative estimate of drug-likeness (QED) is 0.870. The van der Waals surface area contributed by atoms with Crippen LogP contribution in [0.25, 0.3) is 11.1 Å². The zero-order chi connectivity index (χ0) is 13.4. The molecule has 2 rings (SSSR count). The topological polar surface area (TPSA) is 53.1 Å². The van der Waals surface area contributed by atoms with Crippen LogP contribution in [-0.4, -0.2) is 16.1 Å². The minimum Gasteiger partial charge on any atom is -0.477 e. The van der Waals surface area contributed by atoms with Crippen molar-refractivity contribution >= 4 is 17.6 Å². The summed E-state index contributed by atoms with van der Waals surface area (Å²) in [6.07, 6.45) is 0. The molecule has 94 valence electrons. The second-order valence-corrected chi connectivity index (χ2v) is 4.49. The van der Waals surface area contributed by atoms with E-state index in [9.17, 15) is 9.18 Å². The minimum atomic E-state index is -1.12. The van der Waals surface area contributed by atoms with Gasteiger partial charge in [-0.3, -0.25) is 0 Å². The number of carboxylic acids is 1. The number of aromatic carboxylic acids is 1. The van der Waals surface area contributed by atoms with Crippen LogP contribution < -0.4 is 0 Å². The summed E-state index contributed by atoms with van der Waals surface area (Å²) in [5, 5.41) is 9.41. The molecule has 1 heterocycles. The number of hydrogen-bond donors (Lipinski definition) is 2. The first-order valence-corrected chi connectivity index (χ1v) is 5.67. The van der Waals surface area contributed by atoms with Crippen LogP contribution >= 0.6 is 11.6 Å². The third-order valence-electron chi connectivity index (χ3n) is 2.91. The molecular formula is C13H11ClFNO2. The van der Waals surface area contributed by atoms with E-state index in [0.29, 0.717) is 16.8 Å². The number of carbonyl (C=O) groups is 1. The Morgan fingerprint density at radius 1 is 1.39 bits per heavy atom. The molecule has 1 aromatic carbocycles. The van der Waals surface area contributed by atoms with Crippen LogP contribution in [0.2, 0.25) is 5.02 Å². The van der Waals surface area contributed by atoms with Gasteiger partial charge >= 0.3 is 5.97 Å². The molecule has 3 nitrogen and oxygen atoms in total. The Morgan fingerprint density at radius 3 is 2.61 bits per heavy atom. The van der Waals surface area contributed by atoms with Crippen LogP contribution in [-0.2, 0) is 0 Å². The summed E-state index contributed by atoms with van der Waals surface area (Å²) < 4.78 is 13.9. The van der Waals surface area contributed by atoms with Gasteiger partial charge in [-0.25, -0.2) is 9.18 Å². The fourth-order valence-electron chi connectivity index (χ4n) is 1.91. The molecule has 0 amide bonds. The molecule has 0 aliphatic carbocycles. The summed E-state index contributed by atoms with van der Waals surface area (Å²) >= 11 is 5.69. The third kappa shape index (κ3) is 1.99. The molecule has 2 N–H and O–H groups in total. The Labute approximate surface area is 108 Å². The SMILES string of the molecule is Cc1[nH]c(C(=O)O)c(-c2ccc(Cl)cc2F)c1C. The Kier molecular flexibility index (Phi) is 3.13. The normalized spacial score (nSPS) is 10.7. The lowest BCUT2D eigenvalue weighted by Gasteiger charge is -2.05. The summed E-state index contributed by atoms with van der Waals surface area (Å²) in [5.74, 6) is -1.65. The van der Waals surface area contributed by atoms with Crippen molar-refractivity contribution in [1.82, 2.24) is 4.98 Å². The number of aryl methyl sites for hydroxylation is 1. The van der Waals surface area contributed by atoms with Gasteiger partial charge in [-0.15, -0.1) is 0 Å². The van der Waals surface area contributed by atoms with Gasteiger partial charge in [0.05, 0.1) is 0 Å². The van der Waals surface area contributed by atoms with Crippen molar-refractivity contribution in [3.05, 3.63) is 46.0 Å². The highest BCUT2D eigenvalue weighted by Gasteiger charge is 2.21. The van der Waals surface area contributed by atoms with Crippen LogP contribution in [0.1, 0.15) is 21.7 Å². The standard InChI is InChI=1S/C13H11ClFNO2/c1-6-7(2)16-12(13(17)18)11(6)9-4-3-8(14)5-10(9)15/h3-5,16H,1-2H3,(H,17,18). The number of rotatable bonds is 2. The first-order chi connectivity index (χ1) is 8.41. The fraction of sp³-hybridized carbons (Fsp3) is 0.154. The van der Waals surface area contributed by atoms with E-state index in [1.807, 2.05) is 0 Å². The van der Waals surface area contributed by atoms with Gasteiger partial charge in [-0.05, 0) is 37.6 Å². The van der Waals surface area contributed by atoms with Crippen molar-refractivity contribution in [2.45, 2.75) is 13.8 Å². The average Bonchev–Trinajstić information content (AvgIpc) is 2.57. The van der Waals surface area contributed by atoms with Crippen LogP contribution in [0.5, 0.6) is 0 Å². The molecule has 0 spiro atoms. The molecule has 0 aliphatic rings. The van der Waals surface area contributed by atoms with Gasteiger partial charge in [0, 0.05) is 21.8 Å². The lowest BCUT2D eigenvalue weighted by atomic mass is 10.0. The van der Waals surface area contributed by atoms with E-state index in [0.717, 1.165) is 0 Å². The summed E-state index contributed by atoms with van der Waals surface area (Å²) in [7, 11) is 0. The largest absolute Gasteiger partial charge is 0.477 e. The van der Waals surface area contributed by atoms with Crippen LogP contribution in [0.3, 0.4) is 0 Å². The highest BCUT2D eigenvalue weighted by Crippen LogP contribution is 2.32. The van der Waals surface area contributed by atoms with E-state index >= 15 is 0 Å². The van der Waals surface area contributed by atoms with Gasteiger partial charge < -0.3 is 10.1 Å². The number of hydrogen-bond acceptors (Lipinski definition) is 1. The molecule has 0 fully saturated rings. The summed E-state index contributed by atoms with van der Waals surface area (Å²) in [6.45, 7) is 3.50. The predicted molar refractivity (Wildman–Crippen MR) is 67.6 cm³/mol. The van der Waals surface area contributed by atoms with Crippen molar-refractivity contribution < 1.29 is 14.3 Å². The summed E-state index contributed by atoms with van der Waals surface area (Å²) in [4.78, 5) is 13.9. The molecular weight excluding hydrogens is 257 g/mol. The molecule has 0 unspecified atom stereocenters. The van der Waals surface area contributed by atoms with Crippen molar-refractivity contribution in [1.29, 1.82) is 0 Å². The molecule has 2 aromatic rings. The number of halogens is 2. The number of aromatic nitrogens is 1. The molecule has 0 radical (unpaired) electrons. The predicted octanol–water partition coefficient (Wildman–Crippen LogP) is 3.79. The van der Waals surface area contributed by atoms with E-state index < -0.39 is 11.8 Å². The minimum absolute atomic E-state index is 0.00813. The number of carboxylic acid groups (broad SMARTS) is 1. The first-order valence-electron chi connectivity index (χ1n) is 5.29. The van der Waals surface area contributed by atoms with E-state index in [4.69, 9.17) is 16.7 Å². The Morgan fingerprint density at radius 2 is 2.06 bits per heavy atom. The number of aromatic amines is 1. The first kappa shape index (κ1) is 12.6. The van der Waals surface area contributed by atoms with Crippen LogP contribution in [0.4, 0.5) is 4.39 Å². The highest BCUT2D eigenvalue weighted by atomic mass is 35.5. The molecule has 18 heavy (non-hydrogen) atoms. The number of H-pyrrole nitrogens is 1. The van der Waals surface area contributed by atoms with Crippen molar-refractivity contribution in [2.75, 3.05) is 0 Å². The van der Waals surface area contributed by atoms with Crippen LogP contribution in [0, 0.1) is 19.7 Å². The van der Waals surface area contributed by atoms with Gasteiger partial charge in [0.2, 0.25) is 0 Å². The van der Waals surface area contributed by atoms with E-state index in [1.165, 1.54) is 18.2 Å². The molecule has 0 aliphatic heterocycles. The van der Waals surface area contributed by atoms with Crippen LogP contribution in [0.15, 0.2) is 18.2 Å². The molecule has 0 atom stereocenters. The van der Waals surface area contributed by atoms with Gasteiger partial charge in [0.15, 0.2) is 0 Å². The maximum absolute atomic E-state index is 13.9. The number of nitrogens with one attached hydrogen (secondary N) is 1. The number of benzene rings is 1. The second-order valence-electron chi connectivity index (χ2n) is 4.05. The molecule has 1 aromatic heterocycles. The lowest BCUT2D eigenvalue weighted by molar-refractivity contribution is 0.0692. The fourth-order valence-corrected chi connectivity index (χ4v) is 2.07. The maximum atomic E-state index is 13.9. The van der Waals surface area contributed by atoms with Crippen molar-refractivity contribution in [3.63, 3.8) is 0 Å².